The second-order valence-corrected chi connectivity index (χ2v) is 3.39. The number of anilines is 2. The second-order valence-electron chi connectivity index (χ2n) is 3.39. The Labute approximate surface area is 96.0 Å². The predicted octanol–water partition coefficient (Wildman–Crippen LogP) is 1.13. The van der Waals surface area contributed by atoms with Crippen LogP contribution >= 0.6 is 0 Å². The molecule has 0 bridgehead atoms. The number of nitrogens with zero attached hydrogens (tertiary/aromatic N) is 1. The molecule has 1 aromatic heterocycles. The van der Waals surface area contributed by atoms with Crippen LogP contribution in [0.5, 0.6) is 0 Å². The summed E-state index contributed by atoms with van der Waals surface area (Å²) in [5, 5.41) is 3.22. The molecule has 16 heavy (non-hydrogen) atoms. The van der Waals surface area contributed by atoms with Gasteiger partial charge in [0.1, 0.15) is 0 Å². The van der Waals surface area contributed by atoms with E-state index < -0.39 is 0 Å². The van der Waals surface area contributed by atoms with Crippen molar-refractivity contribution in [3.05, 3.63) is 18.5 Å². The number of hydrogen-bond acceptors (Lipinski definition) is 5. The SMILES string of the molecule is COCCOCCCNc1cncc(N)c1. The van der Waals surface area contributed by atoms with Crippen LogP contribution in [0.25, 0.3) is 0 Å². The number of methoxy groups -OCH3 is 1. The lowest BCUT2D eigenvalue weighted by atomic mass is 10.3. The maximum Gasteiger partial charge on any atom is 0.0700 e. The molecule has 0 aromatic carbocycles. The number of nitrogen functional groups attached to an aromatic ring is 1. The monoisotopic (exact) mass is 225 g/mol. The fourth-order valence-corrected chi connectivity index (χ4v) is 1.21. The number of hydrogen-bond donors (Lipinski definition) is 2. The highest BCUT2D eigenvalue weighted by molar-refractivity contribution is 5.51. The summed E-state index contributed by atoms with van der Waals surface area (Å²) in [7, 11) is 1.66. The molecule has 3 N–H and O–H groups in total. The van der Waals surface area contributed by atoms with Crippen LogP contribution in [0.1, 0.15) is 6.42 Å². The Morgan fingerprint density at radius 2 is 2.19 bits per heavy atom. The summed E-state index contributed by atoms with van der Waals surface area (Å²) in [6.45, 7) is 2.87. The van der Waals surface area contributed by atoms with Crippen molar-refractivity contribution in [3.63, 3.8) is 0 Å². The van der Waals surface area contributed by atoms with Gasteiger partial charge in [0.2, 0.25) is 0 Å². The van der Waals surface area contributed by atoms with E-state index >= 15 is 0 Å². The van der Waals surface area contributed by atoms with Crippen molar-refractivity contribution in [3.8, 4) is 0 Å². The van der Waals surface area contributed by atoms with Gasteiger partial charge in [-0.1, -0.05) is 0 Å². The normalized spacial score (nSPS) is 10.3. The zero-order chi connectivity index (χ0) is 11.6. The smallest absolute Gasteiger partial charge is 0.0700 e. The molecule has 0 aliphatic rings. The summed E-state index contributed by atoms with van der Waals surface area (Å²) in [5.41, 5.74) is 7.21. The summed E-state index contributed by atoms with van der Waals surface area (Å²) >= 11 is 0. The number of nitrogens with two attached hydrogens (primary N) is 1. The van der Waals surface area contributed by atoms with E-state index in [4.69, 9.17) is 15.2 Å². The Kier molecular flexibility index (Phi) is 6.29. The molecule has 1 heterocycles. The number of ether oxygens (including phenoxy) is 2. The molecule has 0 aliphatic heterocycles. The minimum absolute atomic E-state index is 0.645. The first-order chi connectivity index (χ1) is 7.83. The van der Waals surface area contributed by atoms with E-state index in [2.05, 4.69) is 10.3 Å². The summed E-state index contributed by atoms with van der Waals surface area (Å²) in [4.78, 5) is 3.99. The van der Waals surface area contributed by atoms with E-state index in [1.807, 2.05) is 6.07 Å². The predicted molar refractivity (Wildman–Crippen MR) is 64.5 cm³/mol. The highest BCUT2D eigenvalue weighted by atomic mass is 16.5. The third kappa shape index (κ3) is 5.53. The summed E-state index contributed by atoms with van der Waals surface area (Å²) in [6.07, 6.45) is 4.32. The third-order valence-electron chi connectivity index (χ3n) is 1.99. The molecule has 5 heteroatoms. The molecule has 0 atom stereocenters. The molecule has 0 spiro atoms. The van der Waals surface area contributed by atoms with Crippen LogP contribution in [0, 0.1) is 0 Å². The van der Waals surface area contributed by atoms with Crippen molar-refractivity contribution in [1.29, 1.82) is 0 Å². The maximum atomic E-state index is 5.60. The van der Waals surface area contributed by atoms with Gasteiger partial charge in [-0.15, -0.1) is 0 Å². The lowest BCUT2D eigenvalue weighted by Crippen LogP contribution is -2.08. The Morgan fingerprint density at radius 1 is 1.31 bits per heavy atom. The Bertz CT molecular complexity index is 294. The largest absolute Gasteiger partial charge is 0.397 e. The zero-order valence-electron chi connectivity index (χ0n) is 9.61. The first-order valence-corrected chi connectivity index (χ1v) is 5.34. The highest BCUT2D eigenvalue weighted by Crippen LogP contribution is 2.08. The first-order valence-electron chi connectivity index (χ1n) is 5.34. The molecular formula is C11H19N3O2. The maximum absolute atomic E-state index is 5.60. The molecule has 0 aliphatic carbocycles. The van der Waals surface area contributed by atoms with Gasteiger partial charge in [0.25, 0.3) is 0 Å². The fraction of sp³-hybridized carbons (Fsp3) is 0.545. The van der Waals surface area contributed by atoms with Gasteiger partial charge in [-0.3, -0.25) is 4.98 Å². The van der Waals surface area contributed by atoms with E-state index in [1.54, 1.807) is 19.5 Å². The standard InChI is InChI=1S/C11H19N3O2/c1-15-5-6-16-4-2-3-14-11-7-10(12)8-13-9-11/h7-9,14H,2-6,12H2,1H3. The van der Waals surface area contributed by atoms with Crippen LogP contribution in [-0.2, 0) is 9.47 Å². The molecule has 1 aromatic rings. The molecule has 5 nitrogen and oxygen atoms in total. The van der Waals surface area contributed by atoms with Crippen molar-refractivity contribution in [2.75, 3.05) is 44.5 Å². The summed E-state index contributed by atoms with van der Waals surface area (Å²) in [5.74, 6) is 0. The topological polar surface area (TPSA) is 69.4 Å². The van der Waals surface area contributed by atoms with Crippen molar-refractivity contribution >= 4 is 11.4 Å². The van der Waals surface area contributed by atoms with Crippen LogP contribution in [0.15, 0.2) is 18.5 Å². The minimum Gasteiger partial charge on any atom is -0.397 e. The van der Waals surface area contributed by atoms with E-state index in [0.717, 1.165) is 25.3 Å². The van der Waals surface area contributed by atoms with Gasteiger partial charge < -0.3 is 20.5 Å². The van der Waals surface area contributed by atoms with Gasteiger partial charge in [-0.25, -0.2) is 0 Å². The van der Waals surface area contributed by atoms with Crippen molar-refractivity contribution in [2.24, 2.45) is 0 Å². The van der Waals surface area contributed by atoms with E-state index in [9.17, 15) is 0 Å². The number of rotatable bonds is 8. The average Bonchev–Trinajstić information content (AvgIpc) is 2.28. The fourth-order valence-electron chi connectivity index (χ4n) is 1.21. The van der Waals surface area contributed by atoms with Crippen molar-refractivity contribution < 1.29 is 9.47 Å². The Balaban J connectivity index is 2.03. The lowest BCUT2D eigenvalue weighted by Gasteiger charge is -2.07. The van der Waals surface area contributed by atoms with E-state index in [-0.39, 0.29) is 0 Å². The zero-order valence-corrected chi connectivity index (χ0v) is 9.61. The molecule has 0 unspecified atom stereocenters. The Morgan fingerprint density at radius 3 is 2.94 bits per heavy atom. The van der Waals surface area contributed by atoms with Crippen molar-refractivity contribution in [2.45, 2.75) is 6.42 Å². The van der Waals surface area contributed by atoms with Crippen LogP contribution in [-0.4, -0.2) is 38.5 Å². The van der Waals surface area contributed by atoms with Gasteiger partial charge in [-0.05, 0) is 12.5 Å². The number of aromatic nitrogens is 1. The minimum atomic E-state index is 0.645. The number of pyridine rings is 1. The molecule has 0 radical (unpaired) electrons. The third-order valence-corrected chi connectivity index (χ3v) is 1.99. The molecule has 0 saturated carbocycles. The van der Waals surface area contributed by atoms with Crippen LogP contribution in [0.2, 0.25) is 0 Å². The van der Waals surface area contributed by atoms with E-state index in [0.29, 0.717) is 18.9 Å². The van der Waals surface area contributed by atoms with Gasteiger partial charge in [0, 0.05) is 26.5 Å². The molecule has 0 fully saturated rings. The highest BCUT2D eigenvalue weighted by Gasteiger charge is 1.93. The summed E-state index contributed by atoms with van der Waals surface area (Å²) < 4.78 is 10.2. The van der Waals surface area contributed by atoms with Gasteiger partial charge in [-0.2, -0.15) is 0 Å². The van der Waals surface area contributed by atoms with Crippen LogP contribution in [0.4, 0.5) is 11.4 Å². The lowest BCUT2D eigenvalue weighted by molar-refractivity contribution is 0.0705. The van der Waals surface area contributed by atoms with Gasteiger partial charge in [0.05, 0.1) is 30.8 Å². The summed E-state index contributed by atoms with van der Waals surface area (Å²) in [6, 6.07) is 1.86. The van der Waals surface area contributed by atoms with Crippen LogP contribution < -0.4 is 11.1 Å². The van der Waals surface area contributed by atoms with E-state index in [1.165, 1.54) is 0 Å². The van der Waals surface area contributed by atoms with Crippen LogP contribution in [0.3, 0.4) is 0 Å². The number of nitrogens with one attached hydrogen (secondary N) is 1. The van der Waals surface area contributed by atoms with Gasteiger partial charge >= 0.3 is 0 Å². The molecule has 0 amide bonds. The molecule has 0 saturated heterocycles. The molecule has 90 valence electrons. The average molecular weight is 225 g/mol. The molecule has 1 rings (SSSR count). The van der Waals surface area contributed by atoms with Crippen molar-refractivity contribution in [1.82, 2.24) is 4.98 Å². The Hall–Kier alpha value is -1.33. The second kappa shape index (κ2) is 7.90. The quantitative estimate of drug-likeness (QED) is 0.649. The first kappa shape index (κ1) is 12.7. The van der Waals surface area contributed by atoms with Gasteiger partial charge in [0.15, 0.2) is 0 Å². The molecular weight excluding hydrogens is 206 g/mol.